The number of methoxy groups -OCH3 is 1. The minimum atomic E-state index is -3.66. The number of nitrogens with zero attached hydrogens (tertiary/aromatic N) is 1. The fourth-order valence-electron chi connectivity index (χ4n) is 3.42. The largest absolute Gasteiger partial charge is 0.497 e. The Morgan fingerprint density at radius 3 is 2.10 bits per heavy atom. The summed E-state index contributed by atoms with van der Waals surface area (Å²) < 4.78 is 31.6. The normalized spacial score (nSPS) is 13.4. The number of nitrogens with one attached hydrogen (secondary N) is 1. The lowest BCUT2D eigenvalue weighted by Gasteiger charge is -2.31. The Kier molecular flexibility index (Phi) is 7.30. The molecule has 6 nitrogen and oxygen atoms in total. The molecule has 0 aromatic heterocycles. The summed E-state index contributed by atoms with van der Waals surface area (Å²) in [5.41, 5.74) is 3.29. The topological polar surface area (TPSA) is 75.7 Å². The molecule has 0 heterocycles. The van der Waals surface area contributed by atoms with Crippen molar-refractivity contribution in [2.45, 2.75) is 46.2 Å². The molecule has 0 saturated heterocycles. The van der Waals surface area contributed by atoms with E-state index in [-0.39, 0.29) is 11.9 Å². The van der Waals surface area contributed by atoms with E-state index >= 15 is 0 Å². The Labute approximate surface area is 173 Å². The molecule has 2 rings (SSSR count). The Bertz CT molecular complexity index is 935. The predicted molar refractivity (Wildman–Crippen MR) is 117 cm³/mol. The summed E-state index contributed by atoms with van der Waals surface area (Å²) in [6.45, 7) is 7.49. The van der Waals surface area contributed by atoms with E-state index in [1.54, 1.807) is 19.2 Å². The Morgan fingerprint density at radius 1 is 1.10 bits per heavy atom. The second-order valence-corrected chi connectivity index (χ2v) is 9.19. The molecule has 2 aromatic rings. The second-order valence-electron chi connectivity index (χ2n) is 7.33. The van der Waals surface area contributed by atoms with Gasteiger partial charge in [0.25, 0.3) is 0 Å². The van der Waals surface area contributed by atoms with Crippen molar-refractivity contribution in [3.8, 4) is 5.75 Å². The molecule has 0 radical (unpaired) electrons. The average Bonchev–Trinajstić information content (AvgIpc) is 2.63. The maximum absolute atomic E-state index is 13.1. The number of rotatable bonds is 8. The molecule has 0 bridgehead atoms. The Balaban J connectivity index is 2.32. The first-order chi connectivity index (χ1) is 13.6. The first-order valence-electron chi connectivity index (χ1n) is 9.58. The minimum Gasteiger partial charge on any atom is -0.497 e. The van der Waals surface area contributed by atoms with Crippen LogP contribution in [0.3, 0.4) is 0 Å². The van der Waals surface area contributed by atoms with Gasteiger partial charge < -0.3 is 10.1 Å². The van der Waals surface area contributed by atoms with Gasteiger partial charge in [0.2, 0.25) is 15.9 Å². The van der Waals surface area contributed by atoms with Crippen LogP contribution in [0.2, 0.25) is 0 Å². The monoisotopic (exact) mass is 418 g/mol. The van der Waals surface area contributed by atoms with Crippen LogP contribution in [-0.4, -0.2) is 33.7 Å². The SMILES string of the molecule is CC[C@H](C(=O)N[C@@H](C)c1ccc(OC)cc1)N(c1cc(C)cc(C)c1)S(C)(=O)=O. The van der Waals surface area contributed by atoms with Gasteiger partial charge in [0.1, 0.15) is 11.8 Å². The molecular weight excluding hydrogens is 388 g/mol. The van der Waals surface area contributed by atoms with Crippen LogP contribution in [0.4, 0.5) is 5.69 Å². The van der Waals surface area contributed by atoms with Gasteiger partial charge >= 0.3 is 0 Å². The number of benzene rings is 2. The van der Waals surface area contributed by atoms with E-state index in [1.165, 1.54) is 4.31 Å². The van der Waals surface area contributed by atoms with Crippen molar-refractivity contribution in [3.05, 3.63) is 59.2 Å². The van der Waals surface area contributed by atoms with Gasteiger partial charge in [-0.1, -0.05) is 25.1 Å². The lowest BCUT2D eigenvalue weighted by Crippen LogP contribution is -2.49. The molecule has 1 amide bonds. The third-order valence-electron chi connectivity index (χ3n) is 4.77. The third kappa shape index (κ3) is 5.73. The van der Waals surface area contributed by atoms with E-state index in [4.69, 9.17) is 4.74 Å². The molecule has 0 aliphatic heterocycles. The van der Waals surface area contributed by atoms with Crippen LogP contribution in [-0.2, 0) is 14.8 Å². The Morgan fingerprint density at radius 2 is 1.66 bits per heavy atom. The van der Waals surface area contributed by atoms with Crippen LogP contribution >= 0.6 is 0 Å². The highest BCUT2D eigenvalue weighted by molar-refractivity contribution is 7.92. The smallest absolute Gasteiger partial charge is 0.244 e. The van der Waals surface area contributed by atoms with Crippen molar-refractivity contribution in [1.29, 1.82) is 0 Å². The van der Waals surface area contributed by atoms with E-state index in [1.807, 2.05) is 58.0 Å². The van der Waals surface area contributed by atoms with Crippen LogP contribution in [0.15, 0.2) is 42.5 Å². The van der Waals surface area contributed by atoms with Gasteiger partial charge in [0.15, 0.2) is 0 Å². The summed E-state index contributed by atoms with van der Waals surface area (Å²) >= 11 is 0. The molecule has 0 saturated carbocycles. The summed E-state index contributed by atoms with van der Waals surface area (Å²) in [4.78, 5) is 13.1. The molecule has 29 heavy (non-hydrogen) atoms. The second kappa shape index (κ2) is 9.31. The number of carbonyl (C=O) groups is 1. The fraction of sp³-hybridized carbons (Fsp3) is 0.409. The Hall–Kier alpha value is -2.54. The summed E-state index contributed by atoms with van der Waals surface area (Å²) in [6, 6.07) is 11.8. The summed E-state index contributed by atoms with van der Waals surface area (Å²) in [7, 11) is -2.07. The molecular formula is C22H30N2O4S. The van der Waals surface area contributed by atoms with Gasteiger partial charge in [-0.05, 0) is 68.1 Å². The number of ether oxygens (including phenoxy) is 1. The highest BCUT2D eigenvalue weighted by Gasteiger charge is 2.32. The summed E-state index contributed by atoms with van der Waals surface area (Å²) in [6.07, 6.45) is 1.48. The number of hydrogen-bond donors (Lipinski definition) is 1. The van der Waals surface area contributed by atoms with Crippen molar-refractivity contribution in [1.82, 2.24) is 5.32 Å². The van der Waals surface area contributed by atoms with Gasteiger partial charge in [0.05, 0.1) is 25.1 Å². The van der Waals surface area contributed by atoms with Crippen LogP contribution in [0, 0.1) is 13.8 Å². The molecule has 0 aliphatic carbocycles. The molecule has 1 N–H and O–H groups in total. The van der Waals surface area contributed by atoms with E-state index in [0.29, 0.717) is 12.1 Å². The molecule has 0 fully saturated rings. The van der Waals surface area contributed by atoms with Gasteiger partial charge in [-0.25, -0.2) is 8.42 Å². The van der Waals surface area contributed by atoms with Crippen molar-refractivity contribution in [2.75, 3.05) is 17.7 Å². The summed E-state index contributed by atoms with van der Waals surface area (Å²) in [5, 5.41) is 2.95. The molecule has 2 aromatic carbocycles. The van der Waals surface area contributed by atoms with Crippen molar-refractivity contribution in [3.63, 3.8) is 0 Å². The molecule has 0 aliphatic rings. The van der Waals surface area contributed by atoms with E-state index in [0.717, 1.165) is 28.7 Å². The molecule has 0 spiro atoms. The number of anilines is 1. The number of hydrogen-bond acceptors (Lipinski definition) is 4. The number of amides is 1. The number of aryl methyl sites for hydroxylation is 2. The third-order valence-corrected chi connectivity index (χ3v) is 5.95. The zero-order valence-corrected chi connectivity index (χ0v) is 18.7. The number of sulfonamides is 1. The molecule has 158 valence electrons. The highest BCUT2D eigenvalue weighted by atomic mass is 32.2. The maximum Gasteiger partial charge on any atom is 0.244 e. The van der Waals surface area contributed by atoms with E-state index in [2.05, 4.69) is 5.32 Å². The van der Waals surface area contributed by atoms with Gasteiger partial charge in [-0.3, -0.25) is 9.10 Å². The first-order valence-corrected chi connectivity index (χ1v) is 11.4. The molecule has 0 unspecified atom stereocenters. The lowest BCUT2D eigenvalue weighted by atomic mass is 10.1. The standard InChI is InChI=1S/C22H30N2O4S/c1-7-21(22(25)23-17(4)18-8-10-20(28-5)11-9-18)24(29(6,26)27)19-13-15(2)12-16(3)14-19/h8-14,17,21H,7H2,1-6H3,(H,23,25)/t17-,21+/m0/s1. The summed E-state index contributed by atoms with van der Waals surface area (Å²) in [5.74, 6) is 0.400. The van der Waals surface area contributed by atoms with Crippen LogP contribution in [0.1, 0.15) is 43.0 Å². The number of carbonyl (C=O) groups excluding carboxylic acids is 1. The fourth-order valence-corrected chi connectivity index (χ4v) is 4.62. The average molecular weight is 419 g/mol. The maximum atomic E-state index is 13.1. The molecule has 7 heteroatoms. The molecule has 2 atom stereocenters. The van der Waals surface area contributed by atoms with E-state index < -0.39 is 16.1 Å². The van der Waals surface area contributed by atoms with E-state index in [9.17, 15) is 13.2 Å². The zero-order valence-electron chi connectivity index (χ0n) is 17.9. The lowest BCUT2D eigenvalue weighted by molar-refractivity contribution is -0.122. The van der Waals surface area contributed by atoms with Crippen LogP contribution < -0.4 is 14.4 Å². The first kappa shape index (κ1) is 22.7. The van der Waals surface area contributed by atoms with Crippen LogP contribution in [0.25, 0.3) is 0 Å². The van der Waals surface area contributed by atoms with Gasteiger partial charge in [-0.15, -0.1) is 0 Å². The van der Waals surface area contributed by atoms with Crippen LogP contribution in [0.5, 0.6) is 5.75 Å². The van der Waals surface area contributed by atoms with Crippen molar-refractivity contribution >= 4 is 21.6 Å². The highest BCUT2D eigenvalue weighted by Crippen LogP contribution is 2.26. The quantitative estimate of drug-likeness (QED) is 0.709. The van der Waals surface area contributed by atoms with Gasteiger partial charge in [-0.2, -0.15) is 0 Å². The minimum absolute atomic E-state index is 0.275. The zero-order chi connectivity index (χ0) is 21.8. The predicted octanol–water partition coefficient (Wildman–Crippen LogP) is 3.73. The van der Waals surface area contributed by atoms with Gasteiger partial charge in [0, 0.05) is 0 Å². The van der Waals surface area contributed by atoms with Crippen molar-refractivity contribution < 1.29 is 17.9 Å². The van der Waals surface area contributed by atoms with Crippen molar-refractivity contribution in [2.24, 2.45) is 0 Å².